The number of aliphatic imine (C=N–C) groups is 1. The molecule has 0 saturated carbocycles. The number of hydrogen-bond donors (Lipinski definition) is 8. The van der Waals surface area contributed by atoms with Crippen LogP contribution in [0, 0.1) is 0 Å². The Bertz CT molecular complexity index is 1490. The van der Waals surface area contributed by atoms with Crippen molar-refractivity contribution in [3.05, 3.63) is 71.8 Å². The summed E-state index contributed by atoms with van der Waals surface area (Å²) >= 11 is 0. The highest BCUT2D eigenvalue weighted by molar-refractivity contribution is 5.98. The monoisotopic (exact) mass is 765 g/mol. The van der Waals surface area contributed by atoms with Gasteiger partial charge in [0, 0.05) is 18.7 Å². The van der Waals surface area contributed by atoms with Gasteiger partial charge in [0.1, 0.15) is 31.0 Å². The summed E-state index contributed by atoms with van der Waals surface area (Å²) in [6.07, 6.45) is 4.83. The van der Waals surface area contributed by atoms with E-state index in [1.165, 1.54) is 0 Å². The molecule has 5 amide bonds. The molecule has 55 heavy (non-hydrogen) atoms. The van der Waals surface area contributed by atoms with E-state index in [0.29, 0.717) is 63.3 Å². The molecule has 2 rings (SSSR count). The molecule has 0 heterocycles. The smallest absolute Gasteiger partial charge is 0.407 e. The number of rotatable bonds is 27. The predicted octanol–water partition coefficient (Wildman–Crippen LogP) is 1.91. The number of alkyl carbamates (subject to hydrolysis) is 1. The third-order valence-electron chi connectivity index (χ3n) is 8.58. The number of carbonyl (C=O) groups is 6. The van der Waals surface area contributed by atoms with Crippen LogP contribution in [0.1, 0.15) is 93.5 Å². The van der Waals surface area contributed by atoms with Crippen LogP contribution in [0.25, 0.3) is 0 Å². The molecule has 0 aliphatic heterocycles. The van der Waals surface area contributed by atoms with E-state index in [-0.39, 0.29) is 44.9 Å². The summed E-state index contributed by atoms with van der Waals surface area (Å²) in [6, 6.07) is 13.9. The zero-order valence-electron chi connectivity index (χ0n) is 31.8. The second kappa shape index (κ2) is 27.1. The number of benzene rings is 2. The fourth-order valence-electron chi connectivity index (χ4n) is 5.50. The lowest BCUT2D eigenvalue weighted by atomic mass is 10.0. The zero-order chi connectivity index (χ0) is 40.3. The summed E-state index contributed by atoms with van der Waals surface area (Å²) in [4.78, 5) is 82.0. The standard InChI is InChI=1S/C39H59N9O7/c1-2-3-20-31(46-34(50)29-17-8-5-9-18-29)36(52)48-33(21-10-12-23-40)37(53)47-32(35(51)45-30(26-49)19-14-25-43-38(41)42)22-11-13-24-44-39(54)55-27-28-15-6-4-7-16-28/h4-9,15-18,26,30-33H,2-3,10-14,19-25,27,40H2,1H3,(H,44,54)(H,45,51)(H,46,50)(H,47,53)(H,48,52)(H4,41,42,43)/t30-,31-,32-,33-/m0/s1. The molecule has 0 radical (unpaired) electrons. The van der Waals surface area contributed by atoms with Crippen molar-refractivity contribution in [2.75, 3.05) is 19.6 Å². The number of unbranched alkanes of at least 4 members (excludes halogenated alkanes) is 3. The van der Waals surface area contributed by atoms with Crippen molar-refractivity contribution >= 4 is 42.0 Å². The van der Waals surface area contributed by atoms with E-state index in [9.17, 15) is 28.8 Å². The molecule has 0 spiro atoms. The molecule has 11 N–H and O–H groups in total. The maximum atomic E-state index is 13.9. The first kappa shape index (κ1) is 45.6. The summed E-state index contributed by atoms with van der Waals surface area (Å²) in [5.74, 6) is -2.23. The number of nitrogens with zero attached hydrogens (tertiary/aromatic N) is 1. The van der Waals surface area contributed by atoms with Gasteiger partial charge in [0.2, 0.25) is 17.7 Å². The fraction of sp³-hybridized carbons (Fsp3) is 0.513. The Morgan fingerprint density at radius 2 is 1.27 bits per heavy atom. The van der Waals surface area contributed by atoms with Crippen molar-refractivity contribution < 1.29 is 33.5 Å². The SMILES string of the molecule is CCCC[C@H](NC(=O)c1ccccc1)C(=O)N[C@@H](CCCCN)C(=O)N[C@@H](CCCCNC(=O)OCc1ccccc1)C(=O)N[C@H](C=O)CCCN=C(N)N. The van der Waals surface area contributed by atoms with Gasteiger partial charge in [0.15, 0.2) is 5.96 Å². The zero-order valence-corrected chi connectivity index (χ0v) is 31.8. The quantitative estimate of drug-likeness (QED) is 0.0284. The number of carbonyl (C=O) groups excluding carboxylic acids is 6. The van der Waals surface area contributed by atoms with Crippen molar-refractivity contribution in [2.45, 2.75) is 108 Å². The molecule has 0 bridgehead atoms. The number of nitrogens with two attached hydrogens (primary N) is 3. The van der Waals surface area contributed by atoms with Crippen molar-refractivity contribution in [3.8, 4) is 0 Å². The van der Waals surface area contributed by atoms with Crippen molar-refractivity contribution in [1.29, 1.82) is 0 Å². The van der Waals surface area contributed by atoms with E-state index < -0.39 is 53.9 Å². The summed E-state index contributed by atoms with van der Waals surface area (Å²) in [5, 5.41) is 13.8. The van der Waals surface area contributed by atoms with E-state index in [4.69, 9.17) is 21.9 Å². The Balaban J connectivity index is 2.15. The van der Waals surface area contributed by atoms with Gasteiger partial charge in [-0.25, -0.2) is 4.79 Å². The minimum absolute atomic E-state index is 0.0863. The summed E-state index contributed by atoms with van der Waals surface area (Å²) in [6.45, 7) is 2.98. The normalized spacial score (nSPS) is 12.8. The van der Waals surface area contributed by atoms with E-state index in [0.717, 1.165) is 12.0 Å². The average Bonchev–Trinajstić information content (AvgIpc) is 3.19. The molecule has 0 unspecified atom stereocenters. The summed E-state index contributed by atoms with van der Waals surface area (Å²) in [7, 11) is 0. The minimum atomic E-state index is -1.08. The second-order valence-corrected chi connectivity index (χ2v) is 13.1. The minimum Gasteiger partial charge on any atom is -0.445 e. The highest BCUT2D eigenvalue weighted by atomic mass is 16.5. The third kappa shape index (κ3) is 19.4. The number of ether oxygens (including phenoxy) is 1. The highest BCUT2D eigenvalue weighted by Gasteiger charge is 2.30. The van der Waals surface area contributed by atoms with Gasteiger partial charge in [-0.2, -0.15) is 0 Å². The number of hydrogen-bond acceptors (Lipinski definition) is 9. The van der Waals surface area contributed by atoms with Crippen LogP contribution < -0.4 is 43.8 Å². The Kier molecular flexibility index (Phi) is 22.5. The van der Waals surface area contributed by atoms with E-state index in [1.54, 1.807) is 30.3 Å². The van der Waals surface area contributed by atoms with Crippen LogP contribution in [-0.2, 0) is 30.5 Å². The average molecular weight is 766 g/mol. The summed E-state index contributed by atoms with van der Waals surface area (Å²) < 4.78 is 5.24. The number of aldehydes is 1. The molecule has 2 aromatic rings. The molecule has 4 atom stereocenters. The van der Waals surface area contributed by atoms with Crippen molar-refractivity contribution in [3.63, 3.8) is 0 Å². The first-order valence-corrected chi connectivity index (χ1v) is 19.0. The Morgan fingerprint density at radius 3 is 1.85 bits per heavy atom. The molecule has 0 saturated heterocycles. The number of amides is 5. The molecule has 0 aromatic heterocycles. The first-order valence-electron chi connectivity index (χ1n) is 19.0. The second-order valence-electron chi connectivity index (χ2n) is 13.1. The van der Waals surface area contributed by atoms with Gasteiger partial charge < -0.3 is 53.3 Å². The van der Waals surface area contributed by atoms with Gasteiger partial charge >= 0.3 is 6.09 Å². The molecule has 0 aliphatic rings. The van der Waals surface area contributed by atoms with E-state index in [2.05, 4.69) is 31.6 Å². The van der Waals surface area contributed by atoms with Crippen LogP contribution in [0.5, 0.6) is 0 Å². The Labute approximate surface area is 323 Å². The molecule has 0 aliphatic carbocycles. The lowest BCUT2D eigenvalue weighted by Crippen LogP contribution is -2.57. The number of nitrogens with one attached hydrogen (secondary N) is 5. The van der Waals surface area contributed by atoms with Crippen LogP contribution in [0.4, 0.5) is 4.79 Å². The van der Waals surface area contributed by atoms with Crippen LogP contribution in [0.3, 0.4) is 0 Å². The van der Waals surface area contributed by atoms with Crippen LogP contribution in [-0.4, -0.2) is 85.8 Å². The molecular weight excluding hydrogens is 706 g/mol. The maximum absolute atomic E-state index is 13.9. The van der Waals surface area contributed by atoms with Crippen molar-refractivity contribution in [1.82, 2.24) is 26.6 Å². The van der Waals surface area contributed by atoms with Crippen LogP contribution in [0.15, 0.2) is 65.7 Å². The highest BCUT2D eigenvalue weighted by Crippen LogP contribution is 2.10. The summed E-state index contributed by atoms with van der Waals surface area (Å²) in [5.41, 5.74) is 17.7. The topological polar surface area (TPSA) is 262 Å². The van der Waals surface area contributed by atoms with E-state index >= 15 is 0 Å². The number of guanidine groups is 1. The lowest BCUT2D eigenvalue weighted by molar-refractivity contribution is -0.133. The van der Waals surface area contributed by atoms with Crippen molar-refractivity contribution in [2.24, 2.45) is 22.2 Å². The van der Waals surface area contributed by atoms with Gasteiger partial charge in [-0.05, 0) is 82.0 Å². The van der Waals surface area contributed by atoms with Gasteiger partial charge in [0.25, 0.3) is 5.91 Å². The first-order chi connectivity index (χ1) is 26.6. The third-order valence-corrected chi connectivity index (χ3v) is 8.58. The van der Waals surface area contributed by atoms with E-state index in [1.807, 2.05) is 37.3 Å². The van der Waals surface area contributed by atoms with Gasteiger partial charge in [-0.1, -0.05) is 68.3 Å². The fourth-order valence-corrected chi connectivity index (χ4v) is 5.50. The molecule has 16 heteroatoms. The largest absolute Gasteiger partial charge is 0.445 e. The van der Waals surface area contributed by atoms with Gasteiger partial charge in [-0.15, -0.1) is 0 Å². The maximum Gasteiger partial charge on any atom is 0.407 e. The molecule has 0 fully saturated rings. The predicted molar refractivity (Wildman–Crippen MR) is 210 cm³/mol. The van der Waals surface area contributed by atoms with Crippen LogP contribution >= 0.6 is 0 Å². The lowest BCUT2D eigenvalue weighted by Gasteiger charge is -2.26. The molecule has 2 aromatic carbocycles. The van der Waals surface area contributed by atoms with Crippen LogP contribution in [0.2, 0.25) is 0 Å². The van der Waals surface area contributed by atoms with Gasteiger partial charge in [0.05, 0.1) is 6.04 Å². The van der Waals surface area contributed by atoms with Gasteiger partial charge in [-0.3, -0.25) is 24.2 Å². The molecule has 302 valence electrons. The Hall–Kier alpha value is -5.51. The Morgan fingerprint density at radius 1 is 0.709 bits per heavy atom. The molecular formula is C39H59N9O7. The molecule has 16 nitrogen and oxygen atoms in total.